The molecule has 0 atom stereocenters. The number of carbonyl (C=O) groups is 1. The summed E-state index contributed by atoms with van der Waals surface area (Å²) in [6.45, 7) is 8.03. The molecule has 2 rings (SSSR count). The maximum atomic E-state index is 11.9. The molecule has 0 amide bonds. The summed E-state index contributed by atoms with van der Waals surface area (Å²) in [4.78, 5) is 11.9. The summed E-state index contributed by atoms with van der Waals surface area (Å²) in [7, 11) is 0. The summed E-state index contributed by atoms with van der Waals surface area (Å²) < 4.78 is 11.2. The van der Waals surface area contributed by atoms with Crippen molar-refractivity contribution in [3.05, 3.63) is 71.3 Å². The standard InChI is InChI=1S/C21H24O3/c1-16-10-12-19(23-15-17-8-6-5-7-9-17)18(14-16)11-13-20(22)24-21(2,3)4/h5-14H,15H2,1-4H3/b13-11+. The average molecular weight is 324 g/mol. The molecule has 0 bridgehead atoms. The number of aryl methyl sites for hydroxylation is 1. The predicted octanol–water partition coefficient (Wildman–Crippen LogP) is 4.93. The van der Waals surface area contributed by atoms with Crippen molar-refractivity contribution in [2.75, 3.05) is 0 Å². The minimum atomic E-state index is -0.499. The molecule has 3 nitrogen and oxygen atoms in total. The van der Waals surface area contributed by atoms with E-state index in [4.69, 9.17) is 9.47 Å². The molecule has 0 heterocycles. The minimum Gasteiger partial charge on any atom is -0.488 e. The maximum absolute atomic E-state index is 11.9. The van der Waals surface area contributed by atoms with E-state index in [-0.39, 0.29) is 5.97 Å². The predicted molar refractivity (Wildman–Crippen MR) is 96.8 cm³/mol. The van der Waals surface area contributed by atoms with Gasteiger partial charge in [0.25, 0.3) is 0 Å². The van der Waals surface area contributed by atoms with Gasteiger partial charge < -0.3 is 9.47 Å². The average Bonchev–Trinajstić information content (AvgIpc) is 2.51. The maximum Gasteiger partial charge on any atom is 0.331 e. The molecular weight excluding hydrogens is 300 g/mol. The summed E-state index contributed by atoms with van der Waals surface area (Å²) in [6, 6.07) is 15.9. The molecule has 0 radical (unpaired) electrons. The van der Waals surface area contributed by atoms with Gasteiger partial charge in [0.2, 0.25) is 0 Å². The lowest BCUT2D eigenvalue weighted by molar-refractivity contribution is -0.148. The Morgan fingerprint density at radius 2 is 1.79 bits per heavy atom. The zero-order valence-electron chi connectivity index (χ0n) is 14.7. The van der Waals surface area contributed by atoms with Gasteiger partial charge in [0, 0.05) is 11.6 Å². The van der Waals surface area contributed by atoms with Crippen LogP contribution in [-0.2, 0) is 16.1 Å². The van der Waals surface area contributed by atoms with Gasteiger partial charge in [-0.3, -0.25) is 0 Å². The van der Waals surface area contributed by atoms with Gasteiger partial charge in [0.15, 0.2) is 0 Å². The molecule has 2 aromatic rings. The molecule has 126 valence electrons. The molecule has 2 aromatic carbocycles. The first-order valence-electron chi connectivity index (χ1n) is 8.02. The van der Waals surface area contributed by atoms with Gasteiger partial charge in [-0.1, -0.05) is 42.0 Å². The minimum absolute atomic E-state index is 0.363. The molecule has 0 spiro atoms. The first-order chi connectivity index (χ1) is 11.3. The molecule has 0 N–H and O–H groups in total. The first kappa shape index (κ1) is 17.8. The summed E-state index contributed by atoms with van der Waals surface area (Å²) >= 11 is 0. The monoisotopic (exact) mass is 324 g/mol. The highest BCUT2D eigenvalue weighted by atomic mass is 16.6. The third-order valence-electron chi connectivity index (χ3n) is 3.21. The Morgan fingerprint density at radius 1 is 1.08 bits per heavy atom. The van der Waals surface area contributed by atoms with Crippen LogP contribution in [0.1, 0.15) is 37.5 Å². The number of esters is 1. The quantitative estimate of drug-likeness (QED) is 0.578. The Morgan fingerprint density at radius 3 is 2.46 bits per heavy atom. The lowest BCUT2D eigenvalue weighted by Crippen LogP contribution is -2.22. The Balaban J connectivity index is 2.11. The van der Waals surface area contributed by atoms with Gasteiger partial charge in [-0.15, -0.1) is 0 Å². The fourth-order valence-corrected chi connectivity index (χ4v) is 2.16. The van der Waals surface area contributed by atoms with Crippen LogP contribution < -0.4 is 4.74 Å². The van der Waals surface area contributed by atoms with Crippen LogP contribution in [0.5, 0.6) is 5.75 Å². The summed E-state index contributed by atoms with van der Waals surface area (Å²) in [5.74, 6) is 0.377. The van der Waals surface area contributed by atoms with Crippen molar-refractivity contribution >= 4 is 12.0 Å². The van der Waals surface area contributed by atoms with E-state index in [2.05, 4.69) is 0 Å². The highest BCUT2D eigenvalue weighted by molar-refractivity contribution is 5.87. The second-order valence-electron chi connectivity index (χ2n) is 6.68. The normalized spacial score (nSPS) is 11.5. The zero-order valence-corrected chi connectivity index (χ0v) is 14.7. The molecule has 0 aromatic heterocycles. The van der Waals surface area contributed by atoms with E-state index in [0.717, 1.165) is 22.4 Å². The van der Waals surface area contributed by atoms with E-state index in [1.54, 1.807) is 6.08 Å². The Kier molecular flexibility index (Phi) is 5.80. The lowest BCUT2D eigenvalue weighted by atomic mass is 10.1. The number of ether oxygens (including phenoxy) is 2. The Hall–Kier alpha value is -2.55. The Bertz CT molecular complexity index is 710. The third-order valence-corrected chi connectivity index (χ3v) is 3.21. The van der Waals surface area contributed by atoms with E-state index >= 15 is 0 Å². The third kappa shape index (κ3) is 5.92. The van der Waals surface area contributed by atoms with E-state index in [1.807, 2.05) is 76.2 Å². The number of hydrogen-bond donors (Lipinski definition) is 0. The molecular formula is C21H24O3. The smallest absolute Gasteiger partial charge is 0.331 e. The van der Waals surface area contributed by atoms with Crippen LogP contribution >= 0.6 is 0 Å². The topological polar surface area (TPSA) is 35.5 Å². The first-order valence-corrected chi connectivity index (χ1v) is 8.02. The SMILES string of the molecule is Cc1ccc(OCc2ccccc2)c(/C=C/C(=O)OC(C)(C)C)c1. The summed E-state index contributed by atoms with van der Waals surface area (Å²) in [5, 5.41) is 0. The number of carbonyl (C=O) groups excluding carboxylic acids is 1. The van der Waals surface area contributed by atoms with Crippen LogP contribution in [0.15, 0.2) is 54.6 Å². The van der Waals surface area contributed by atoms with Crippen LogP contribution in [0, 0.1) is 6.92 Å². The van der Waals surface area contributed by atoms with Crippen LogP contribution in [0.2, 0.25) is 0 Å². The van der Waals surface area contributed by atoms with Gasteiger partial charge in [0.05, 0.1) is 0 Å². The highest BCUT2D eigenvalue weighted by Gasteiger charge is 2.14. The molecule has 24 heavy (non-hydrogen) atoms. The number of hydrogen-bond acceptors (Lipinski definition) is 3. The van der Waals surface area contributed by atoms with Crippen molar-refractivity contribution in [2.45, 2.75) is 39.9 Å². The molecule has 0 saturated heterocycles. The molecule has 0 aliphatic heterocycles. The van der Waals surface area contributed by atoms with Crippen LogP contribution in [0.3, 0.4) is 0 Å². The van der Waals surface area contributed by atoms with Crippen molar-refractivity contribution < 1.29 is 14.3 Å². The number of benzene rings is 2. The Labute approximate surface area is 143 Å². The second kappa shape index (κ2) is 7.82. The van der Waals surface area contributed by atoms with Crippen molar-refractivity contribution in [1.82, 2.24) is 0 Å². The van der Waals surface area contributed by atoms with Crippen molar-refractivity contribution in [1.29, 1.82) is 0 Å². The molecule has 3 heteroatoms. The second-order valence-corrected chi connectivity index (χ2v) is 6.68. The highest BCUT2D eigenvalue weighted by Crippen LogP contribution is 2.23. The van der Waals surface area contributed by atoms with Gasteiger partial charge in [0.1, 0.15) is 18.0 Å². The van der Waals surface area contributed by atoms with Crippen LogP contribution in [0.4, 0.5) is 0 Å². The number of rotatable bonds is 5. The van der Waals surface area contributed by atoms with E-state index in [0.29, 0.717) is 6.61 Å². The van der Waals surface area contributed by atoms with Crippen molar-refractivity contribution in [3.63, 3.8) is 0 Å². The molecule has 0 aliphatic rings. The largest absolute Gasteiger partial charge is 0.488 e. The van der Waals surface area contributed by atoms with Crippen molar-refractivity contribution in [3.8, 4) is 5.75 Å². The lowest BCUT2D eigenvalue weighted by Gasteiger charge is -2.18. The van der Waals surface area contributed by atoms with E-state index < -0.39 is 5.60 Å². The summed E-state index contributed by atoms with van der Waals surface area (Å²) in [5.41, 5.74) is 2.56. The summed E-state index contributed by atoms with van der Waals surface area (Å²) in [6.07, 6.45) is 3.18. The van der Waals surface area contributed by atoms with Gasteiger partial charge in [-0.25, -0.2) is 4.79 Å². The van der Waals surface area contributed by atoms with Crippen molar-refractivity contribution in [2.24, 2.45) is 0 Å². The van der Waals surface area contributed by atoms with E-state index in [9.17, 15) is 4.79 Å². The van der Waals surface area contributed by atoms with Crippen LogP contribution in [0.25, 0.3) is 6.08 Å². The molecule has 0 unspecified atom stereocenters. The van der Waals surface area contributed by atoms with Gasteiger partial charge in [-0.2, -0.15) is 0 Å². The van der Waals surface area contributed by atoms with Gasteiger partial charge >= 0.3 is 5.97 Å². The molecule has 0 saturated carbocycles. The fraction of sp³-hybridized carbons (Fsp3) is 0.286. The van der Waals surface area contributed by atoms with E-state index in [1.165, 1.54) is 6.08 Å². The van der Waals surface area contributed by atoms with Crippen LogP contribution in [-0.4, -0.2) is 11.6 Å². The molecule has 0 fully saturated rings. The fourth-order valence-electron chi connectivity index (χ4n) is 2.16. The van der Waals surface area contributed by atoms with Gasteiger partial charge in [-0.05, 0) is 51.5 Å². The zero-order chi connectivity index (χ0) is 17.6. The molecule has 0 aliphatic carbocycles.